The Morgan fingerprint density at radius 1 is 1.14 bits per heavy atom. The molecule has 1 saturated heterocycles. The lowest BCUT2D eigenvalue weighted by Gasteiger charge is -2.41. The van der Waals surface area contributed by atoms with Crippen molar-refractivity contribution in [3.05, 3.63) is 64.4 Å². The quantitative estimate of drug-likeness (QED) is 0.454. The second-order valence-electron chi connectivity index (χ2n) is 9.13. The fourth-order valence-corrected chi connectivity index (χ4v) is 5.51. The van der Waals surface area contributed by atoms with Gasteiger partial charge in [-0.2, -0.15) is 11.3 Å². The second-order valence-corrected chi connectivity index (χ2v) is 9.91. The first-order chi connectivity index (χ1) is 17.0. The number of hydrogen-bond donors (Lipinski definition) is 1. The first kappa shape index (κ1) is 25.1. The molecule has 1 atom stereocenters. The Morgan fingerprint density at radius 3 is 2.43 bits per heavy atom. The molecule has 7 nitrogen and oxygen atoms in total. The second kappa shape index (κ2) is 11.6. The third-order valence-electron chi connectivity index (χ3n) is 6.92. The van der Waals surface area contributed by atoms with Gasteiger partial charge in [0, 0.05) is 42.8 Å². The molecule has 0 saturated carbocycles. The predicted molar refractivity (Wildman–Crippen MR) is 142 cm³/mol. The highest BCUT2D eigenvalue weighted by Crippen LogP contribution is 2.34. The number of thiophene rings is 1. The van der Waals surface area contributed by atoms with Gasteiger partial charge in [-0.05, 0) is 75.7 Å². The molecule has 0 unspecified atom stereocenters. The van der Waals surface area contributed by atoms with Crippen molar-refractivity contribution in [3.8, 4) is 5.75 Å². The van der Waals surface area contributed by atoms with Crippen molar-refractivity contribution in [1.82, 2.24) is 20.2 Å². The molecule has 3 aromatic rings. The standard InChI is InChI=1S/C27H35N5O2S/c1-19(9-13-28-27(33)26-20(2)29-18-30-21(26)3)31-14-10-23(11-15-31)32(24-12-16-35-17-24)22-5-7-25(34-4)8-6-22/h5-8,12,16-19,23H,9-11,13-15H2,1-4H3,(H,28,33)/t19-/m1/s1. The van der Waals surface area contributed by atoms with Crippen molar-refractivity contribution in [1.29, 1.82) is 0 Å². The number of ether oxygens (including phenoxy) is 1. The first-order valence-corrected chi connectivity index (χ1v) is 13.2. The van der Waals surface area contributed by atoms with Crippen LogP contribution in [-0.2, 0) is 0 Å². The summed E-state index contributed by atoms with van der Waals surface area (Å²) in [6.45, 7) is 8.68. The van der Waals surface area contributed by atoms with Crippen molar-refractivity contribution < 1.29 is 9.53 Å². The van der Waals surface area contributed by atoms with Crippen LogP contribution in [0.25, 0.3) is 0 Å². The molecule has 0 bridgehead atoms. The van der Waals surface area contributed by atoms with Crippen LogP contribution in [0.2, 0.25) is 0 Å². The number of amides is 1. The van der Waals surface area contributed by atoms with Crippen molar-refractivity contribution in [2.24, 2.45) is 0 Å². The monoisotopic (exact) mass is 493 g/mol. The van der Waals surface area contributed by atoms with Crippen LogP contribution in [0.4, 0.5) is 11.4 Å². The van der Waals surface area contributed by atoms with Gasteiger partial charge in [-0.3, -0.25) is 4.79 Å². The SMILES string of the molecule is COc1ccc(N(c2ccsc2)C2CCN([C@H](C)CCNC(=O)c3c(C)ncnc3C)CC2)cc1. The molecule has 1 aliphatic rings. The molecule has 8 heteroatoms. The van der Waals surface area contributed by atoms with E-state index in [0.29, 0.717) is 24.2 Å². The normalized spacial score (nSPS) is 15.5. The highest BCUT2D eigenvalue weighted by molar-refractivity contribution is 7.08. The molecule has 0 spiro atoms. The first-order valence-electron chi connectivity index (χ1n) is 12.2. The lowest BCUT2D eigenvalue weighted by Crippen LogP contribution is -2.47. The molecule has 2 aromatic heterocycles. The molecule has 0 aliphatic carbocycles. The zero-order valence-corrected chi connectivity index (χ0v) is 21.8. The maximum absolute atomic E-state index is 12.6. The summed E-state index contributed by atoms with van der Waals surface area (Å²) in [7, 11) is 1.70. The van der Waals surface area contributed by atoms with Crippen molar-refractivity contribution in [2.75, 3.05) is 31.6 Å². The maximum atomic E-state index is 12.6. The molecular weight excluding hydrogens is 458 g/mol. The number of aryl methyl sites for hydroxylation is 2. The number of anilines is 2. The number of rotatable bonds is 9. The van der Waals surface area contributed by atoms with Crippen LogP contribution in [0.15, 0.2) is 47.4 Å². The highest BCUT2D eigenvalue weighted by atomic mass is 32.1. The van der Waals surface area contributed by atoms with Gasteiger partial charge in [0.25, 0.3) is 5.91 Å². The fourth-order valence-electron chi connectivity index (χ4n) is 4.88. The number of benzene rings is 1. The number of nitrogens with one attached hydrogen (secondary N) is 1. The summed E-state index contributed by atoms with van der Waals surface area (Å²) in [5.41, 5.74) is 4.49. The molecule has 4 rings (SSSR count). The van der Waals surface area contributed by atoms with Gasteiger partial charge in [-0.25, -0.2) is 9.97 Å². The van der Waals surface area contributed by atoms with Gasteiger partial charge in [0.15, 0.2) is 0 Å². The van der Waals surface area contributed by atoms with Gasteiger partial charge >= 0.3 is 0 Å². The minimum Gasteiger partial charge on any atom is -0.497 e. The van der Waals surface area contributed by atoms with E-state index in [9.17, 15) is 4.79 Å². The van der Waals surface area contributed by atoms with E-state index in [1.54, 1.807) is 18.4 Å². The number of piperidine rings is 1. The topological polar surface area (TPSA) is 70.6 Å². The molecule has 1 aromatic carbocycles. The van der Waals surface area contributed by atoms with E-state index in [0.717, 1.165) is 49.5 Å². The van der Waals surface area contributed by atoms with Gasteiger partial charge < -0.3 is 19.9 Å². The molecule has 1 amide bonds. The fraction of sp³-hybridized carbons (Fsp3) is 0.444. The van der Waals surface area contributed by atoms with Gasteiger partial charge in [-0.15, -0.1) is 0 Å². The van der Waals surface area contributed by atoms with Crippen molar-refractivity contribution in [3.63, 3.8) is 0 Å². The Hall–Kier alpha value is -2.97. The van der Waals surface area contributed by atoms with E-state index in [1.165, 1.54) is 17.7 Å². The number of hydrogen-bond acceptors (Lipinski definition) is 7. The number of likely N-dealkylation sites (tertiary alicyclic amines) is 1. The Balaban J connectivity index is 1.31. The third kappa shape index (κ3) is 6.00. The van der Waals surface area contributed by atoms with Crippen LogP contribution >= 0.6 is 11.3 Å². The van der Waals surface area contributed by atoms with Crippen LogP contribution in [-0.4, -0.2) is 59.6 Å². The molecule has 35 heavy (non-hydrogen) atoms. The molecule has 1 aliphatic heterocycles. The Labute approximate surface area is 212 Å². The zero-order chi connectivity index (χ0) is 24.8. The average molecular weight is 494 g/mol. The summed E-state index contributed by atoms with van der Waals surface area (Å²) >= 11 is 1.73. The van der Waals surface area contributed by atoms with E-state index in [1.807, 2.05) is 26.0 Å². The van der Waals surface area contributed by atoms with Gasteiger partial charge in [-0.1, -0.05) is 0 Å². The molecule has 3 heterocycles. The van der Waals surface area contributed by atoms with Crippen LogP contribution in [0, 0.1) is 13.8 Å². The maximum Gasteiger partial charge on any atom is 0.254 e. The zero-order valence-electron chi connectivity index (χ0n) is 21.0. The summed E-state index contributed by atoms with van der Waals surface area (Å²) in [5, 5.41) is 7.43. The van der Waals surface area contributed by atoms with Crippen LogP contribution in [0.1, 0.15) is 47.9 Å². The third-order valence-corrected chi connectivity index (χ3v) is 7.59. The largest absolute Gasteiger partial charge is 0.497 e. The molecular formula is C27H35N5O2S. The lowest BCUT2D eigenvalue weighted by atomic mass is 9.99. The number of carbonyl (C=O) groups excluding carboxylic acids is 1. The highest BCUT2D eigenvalue weighted by Gasteiger charge is 2.28. The smallest absolute Gasteiger partial charge is 0.254 e. The molecule has 1 fully saturated rings. The predicted octanol–water partition coefficient (Wildman–Crippen LogP) is 4.97. The Bertz CT molecular complexity index is 1080. The van der Waals surface area contributed by atoms with Crippen molar-refractivity contribution >= 4 is 28.6 Å². The van der Waals surface area contributed by atoms with Crippen LogP contribution < -0.4 is 15.0 Å². The minimum atomic E-state index is -0.0857. The number of methoxy groups -OCH3 is 1. The van der Waals surface area contributed by atoms with E-state index in [-0.39, 0.29) is 5.91 Å². The summed E-state index contributed by atoms with van der Waals surface area (Å²) in [6.07, 6.45) is 4.60. The average Bonchev–Trinajstić information content (AvgIpc) is 3.39. The summed E-state index contributed by atoms with van der Waals surface area (Å²) in [4.78, 5) is 26.0. The Kier molecular flexibility index (Phi) is 8.36. The number of nitrogens with zero attached hydrogens (tertiary/aromatic N) is 4. The van der Waals surface area contributed by atoms with E-state index >= 15 is 0 Å². The number of carbonyl (C=O) groups is 1. The molecule has 1 N–H and O–H groups in total. The van der Waals surface area contributed by atoms with Gasteiger partial charge in [0.2, 0.25) is 0 Å². The minimum absolute atomic E-state index is 0.0857. The Morgan fingerprint density at radius 2 is 1.83 bits per heavy atom. The van der Waals surface area contributed by atoms with Gasteiger partial charge in [0.05, 0.1) is 29.7 Å². The van der Waals surface area contributed by atoms with Crippen molar-refractivity contribution in [2.45, 2.75) is 52.1 Å². The van der Waals surface area contributed by atoms with Crippen LogP contribution in [0.5, 0.6) is 5.75 Å². The van der Waals surface area contributed by atoms with E-state index in [2.05, 4.69) is 61.0 Å². The van der Waals surface area contributed by atoms with Gasteiger partial charge in [0.1, 0.15) is 12.1 Å². The molecule has 0 radical (unpaired) electrons. The van der Waals surface area contributed by atoms with E-state index in [4.69, 9.17) is 4.74 Å². The lowest BCUT2D eigenvalue weighted by molar-refractivity contribution is 0.0943. The van der Waals surface area contributed by atoms with Crippen LogP contribution in [0.3, 0.4) is 0 Å². The summed E-state index contributed by atoms with van der Waals surface area (Å²) in [6, 6.07) is 11.4. The summed E-state index contributed by atoms with van der Waals surface area (Å²) in [5.74, 6) is 0.789. The van der Waals surface area contributed by atoms with E-state index < -0.39 is 0 Å². The number of aromatic nitrogens is 2. The summed E-state index contributed by atoms with van der Waals surface area (Å²) < 4.78 is 5.35. The molecule has 186 valence electrons.